The summed E-state index contributed by atoms with van der Waals surface area (Å²) in [7, 11) is 1.84. The van der Waals surface area contributed by atoms with E-state index < -0.39 is 11.2 Å². The maximum atomic E-state index is 12.5. The predicted molar refractivity (Wildman–Crippen MR) is 135 cm³/mol. The first kappa shape index (κ1) is 22.9. The Balaban J connectivity index is 1.48. The highest BCUT2D eigenvalue weighted by Crippen LogP contribution is 2.78. The van der Waals surface area contributed by atoms with Crippen LogP contribution in [0.3, 0.4) is 0 Å². The van der Waals surface area contributed by atoms with E-state index in [1.54, 1.807) is 0 Å². The number of phenolic OH excluding ortho intramolecular Hbond substituents is 1. The Bertz CT molecular complexity index is 1080. The minimum Gasteiger partial charge on any atom is -0.504 e. The van der Waals surface area contributed by atoms with Gasteiger partial charge in [0.2, 0.25) is 0 Å². The number of aromatic hydroxyl groups is 1. The van der Waals surface area contributed by atoms with Crippen molar-refractivity contribution in [1.82, 2.24) is 4.90 Å². The highest BCUT2D eigenvalue weighted by molar-refractivity contribution is 5.63. The van der Waals surface area contributed by atoms with Crippen molar-refractivity contribution in [3.63, 3.8) is 0 Å². The number of methoxy groups -OCH3 is 1. The molecule has 7 aliphatic rings. The summed E-state index contributed by atoms with van der Waals surface area (Å²) in [6.07, 6.45) is 8.36. The van der Waals surface area contributed by atoms with Gasteiger partial charge in [-0.1, -0.05) is 33.8 Å². The normalized spacial score (nSPS) is 43.0. The number of hydrogen-bond acceptors (Lipinski definition) is 5. The number of nitrogens with zero attached hydrogens (tertiary/aromatic N) is 1. The Morgan fingerprint density at radius 2 is 1.94 bits per heavy atom. The van der Waals surface area contributed by atoms with E-state index in [2.05, 4.69) is 38.7 Å². The summed E-state index contributed by atoms with van der Waals surface area (Å²) in [5.74, 6) is 1.82. The lowest BCUT2D eigenvalue weighted by molar-refractivity contribution is -0.315. The number of hydrogen-bond donors (Lipinski definition) is 2. The highest BCUT2D eigenvalue weighted by Gasteiger charge is 2.82. The first-order valence-corrected chi connectivity index (χ1v) is 14.1. The van der Waals surface area contributed by atoms with Crippen LogP contribution >= 0.6 is 0 Å². The summed E-state index contributed by atoms with van der Waals surface area (Å²) in [4.78, 5) is 2.83. The van der Waals surface area contributed by atoms with Gasteiger partial charge >= 0.3 is 0 Å². The molecule has 5 aliphatic carbocycles. The molecule has 192 valence electrons. The van der Waals surface area contributed by atoms with Gasteiger partial charge in [-0.25, -0.2) is 0 Å². The van der Waals surface area contributed by atoms with Gasteiger partial charge in [0.1, 0.15) is 11.7 Å². The van der Waals surface area contributed by atoms with Crippen molar-refractivity contribution in [2.45, 2.75) is 108 Å². The van der Waals surface area contributed by atoms with Crippen LogP contribution in [-0.2, 0) is 16.6 Å². The SMILES string of the molecule is CC[C@](O)([C@H]1C[C@@]23CC[C@]1(OC)[C@@H]1Oc4c(O)ccc5c4[C@@]12CCN(CC1CC1)[C@@H]3C5)C(C)(C)C. The van der Waals surface area contributed by atoms with Crippen LogP contribution in [0.1, 0.15) is 83.8 Å². The number of likely N-dealkylation sites (tertiary alicyclic amines) is 1. The van der Waals surface area contributed by atoms with Crippen LogP contribution in [0.2, 0.25) is 0 Å². The van der Waals surface area contributed by atoms with Gasteiger partial charge in [0.25, 0.3) is 0 Å². The number of piperidine rings is 1. The molecule has 5 heteroatoms. The third-order valence-electron chi connectivity index (χ3n) is 12.1. The smallest absolute Gasteiger partial charge is 0.165 e. The third-order valence-corrected chi connectivity index (χ3v) is 12.1. The van der Waals surface area contributed by atoms with Gasteiger partial charge in [-0.05, 0) is 80.9 Å². The van der Waals surface area contributed by atoms with Crippen LogP contribution < -0.4 is 4.74 Å². The zero-order valence-corrected chi connectivity index (χ0v) is 22.2. The molecule has 1 aromatic rings. The van der Waals surface area contributed by atoms with Crippen LogP contribution in [0.4, 0.5) is 0 Å². The second-order valence-electron chi connectivity index (χ2n) is 13.9. The molecule has 35 heavy (non-hydrogen) atoms. The zero-order chi connectivity index (χ0) is 24.6. The molecule has 2 N–H and O–H groups in total. The monoisotopic (exact) mass is 481 g/mol. The second kappa shape index (κ2) is 6.76. The molecule has 0 radical (unpaired) electrons. The van der Waals surface area contributed by atoms with Crippen molar-refractivity contribution < 1.29 is 19.7 Å². The molecule has 4 saturated carbocycles. The van der Waals surface area contributed by atoms with Crippen molar-refractivity contribution in [2.24, 2.45) is 22.7 Å². The van der Waals surface area contributed by atoms with E-state index in [0.29, 0.717) is 18.2 Å². The summed E-state index contributed by atoms with van der Waals surface area (Å²) >= 11 is 0. The molecular weight excluding hydrogens is 438 g/mol. The van der Waals surface area contributed by atoms with Crippen LogP contribution in [0.5, 0.6) is 11.5 Å². The molecule has 2 spiro atoms. The maximum absolute atomic E-state index is 12.5. The summed E-state index contributed by atoms with van der Waals surface area (Å²) < 4.78 is 13.6. The Hall–Kier alpha value is -1.30. The van der Waals surface area contributed by atoms with Crippen molar-refractivity contribution >= 4 is 0 Å². The van der Waals surface area contributed by atoms with Gasteiger partial charge in [-0.3, -0.25) is 4.90 Å². The number of rotatable bonds is 5. The van der Waals surface area contributed by atoms with Crippen molar-refractivity contribution in [2.75, 3.05) is 20.2 Å². The fourth-order valence-corrected chi connectivity index (χ4v) is 10.3. The molecule has 8 rings (SSSR count). The van der Waals surface area contributed by atoms with Crippen LogP contribution in [0.15, 0.2) is 12.1 Å². The predicted octanol–water partition coefficient (Wildman–Crippen LogP) is 4.80. The lowest BCUT2D eigenvalue weighted by atomic mass is 9.33. The van der Waals surface area contributed by atoms with Crippen LogP contribution in [-0.4, -0.2) is 58.7 Å². The van der Waals surface area contributed by atoms with Crippen molar-refractivity contribution in [3.05, 3.63) is 23.3 Å². The molecule has 0 amide bonds. The number of aliphatic hydroxyl groups is 1. The number of fused-ring (bicyclic) bond motifs is 2. The highest BCUT2D eigenvalue weighted by atomic mass is 16.6. The third kappa shape index (κ3) is 2.43. The number of benzene rings is 1. The Kier molecular flexibility index (Phi) is 4.42. The molecule has 1 saturated heterocycles. The quantitative estimate of drug-likeness (QED) is 0.632. The summed E-state index contributed by atoms with van der Waals surface area (Å²) in [5.41, 5.74) is 0.841. The fourth-order valence-electron chi connectivity index (χ4n) is 10.3. The second-order valence-corrected chi connectivity index (χ2v) is 13.9. The van der Waals surface area contributed by atoms with E-state index in [0.717, 1.165) is 44.6 Å². The van der Waals surface area contributed by atoms with Gasteiger partial charge in [0, 0.05) is 42.0 Å². The Morgan fingerprint density at radius 3 is 2.60 bits per heavy atom. The van der Waals surface area contributed by atoms with Gasteiger partial charge in [0.05, 0.1) is 5.60 Å². The number of ether oxygens (including phenoxy) is 2. The molecule has 2 heterocycles. The molecule has 2 aliphatic heterocycles. The van der Waals surface area contributed by atoms with Crippen LogP contribution in [0, 0.1) is 22.7 Å². The molecular formula is C30H43NO4. The molecule has 1 aromatic carbocycles. The molecule has 4 bridgehead atoms. The topological polar surface area (TPSA) is 62.2 Å². The summed E-state index contributed by atoms with van der Waals surface area (Å²) in [6.45, 7) is 11.0. The van der Waals surface area contributed by atoms with E-state index in [4.69, 9.17) is 9.47 Å². The zero-order valence-electron chi connectivity index (χ0n) is 22.2. The first-order chi connectivity index (χ1) is 16.6. The lowest BCUT2D eigenvalue weighted by Gasteiger charge is -2.75. The molecule has 5 nitrogen and oxygen atoms in total. The van der Waals surface area contributed by atoms with Crippen molar-refractivity contribution in [1.29, 1.82) is 0 Å². The first-order valence-electron chi connectivity index (χ1n) is 14.1. The molecule has 7 atom stereocenters. The Morgan fingerprint density at radius 1 is 1.17 bits per heavy atom. The van der Waals surface area contributed by atoms with E-state index in [9.17, 15) is 10.2 Å². The average molecular weight is 482 g/mol. The summed E-state index contributed by atoms with van der Waals surface area (Å²) in [6, 6.07) is 4.47. The standard InChI is InChI=1S/C30H43NO4/c1-6-30(33,26(2,3)4)21-16-27-11-12-29(21,34-5)25-28(27)13-14-31(17-18-7-8-18)22(27)15-19-9-10-20(32)24(35-25)23(19)28/h9-10,18,21-22,25,32-33H,6-8,11-17H2,1-5H3/t21-,22+,25+,27+,28-,29+,30-/m0/s1. The molecule has 0 aromatic heterocycles. The fraction of sp³-hybridized carbons (Fsp3) is 0.800. The van der Waals surface area contributed by atoms with Gasteiger partial charge in [-0.2, -0.15) is 0 Å². The molecule has 0 unspecified atom stereocenters. The minimum absolute atomic E-state index is 0.0155. The Labute approximate surface area is 210 Å². The van der Waals surface area contributed by atoms with Gasteiger partial charge in [-0.15, -0.1) is 0 Å². The van der Waals surface area contributed by atoms with E-state index in [-0.39, 0.29) is 34.0 Å². The van der Waals surface area contributed by atoms with E-state index >= 15 is 0 Å². The van der Waals surface area contributed by atoms with E-state index in [1.807, 2.05) is 13.2 Å². The molecule has 5 fully saturated rings. The summed E-state index contributed by atoms with van der Waals surface area (Å²) in [5, 5.41) is 23.5. The largest absolute Gasteiger partial charge is 0.504 e. The average Bonchev–Trinajstić information content (AvgIpc) is 3.57. The van der Waals surface area contributed by atoms with Crippen molar-refractivity contribution in [3.8, 4) is 11.5 Å². The van der Waals surface area contributed by atoms with E-state index in [1.165, 1.54) is 30.5 Å². The van der Waals surface area contributed by atoms with Crippen LogP contribution in [0.25, 0.3) is 0 Å². The minimum atomic E-state index is -0.867. The van der Waals surface area contributed by atoms with Gasteiger partial charge < -0.3 is 19.7 Å². The number of phenols is 1. The maximum Gasteiger partial charge on any atom is 0.165 e. The lowest BCUT2D eigenvalue weighted by Crippen LogP contribution is -2.83. The van der Waals surface area contributed by atoms with Gasteiger partial charge in [0.15, 0.2) is 11.5 Å².